The number of hydrogen-bond donors (Lipinski definition) is 0. The average Bonchev–Trinajstić information content (AvgIpc) is 2.73. The highest BCUT2D eigenvalue weighted by atomic mass is 19.1. The van der Waals surface area contributed by atoms with Crippen LogP contribution in [0.25, 0.3) is 10.9 Å². The number of piperazine rings is 1. The van der Waals surface area contributed by atoms with Gasteiger partial charge in [-0.3, -0.25) is 4.90 Å². The van der Waals surface area contributed by atoms with Crippen LogP contribution in [0.15, 0.2) is 48.8 Å². The van der Waals surface area contributed by atoms with Gasteiger partial charge in [-0.25, -0.2) is 14.4 Å². The molecule has 4 rings (SSSR count). The highest BCUT2D eigenvalue weighted by Crippen LogP contribution is 2.28. The van der Waals surface area contributed by atoms with Crippen molar-refractivity contribution < 1.29 is 9.13 Å². The van der Waals surface area contributed by atoms with Gasteiger partial charge >= 0.3 is 0 Å². The van der Waals surface area contributed by atoms with Gasteiger partial charge in [-0.15, -0.1) is 0 Å². The maximum Gasteiger partial charge on any atom is 0.140 e. The summed E-state index contributed by atoms with van der Waals surface area (Å²) in [7, 11) is 1.69. The van der Waals surface area contributed by atoms with Gasteiger partial charge in [-0.2, -0.15) is 0 Å². The van der Waals surface area contributed by atoms with E-state index in [1.54, 1.807) is 19.5 Å². The molecule has 0 spiro atoms. The van der Waals surface area contributed by atoms with E-state index in [1.165, 1.54) is 17.7 Å². The van der Waals surface area contributed by atoms with Crippen molar-refractivity contribution in [3.05, 3.63) is 60.2 Å². The van der Waals surface area contributed by atoms with Crippen molar-refractivity contribution in [2.24, 2.45) is 0 Å². The number of rotatable bonds is 4. The van der Waals surface area contributed by atoms with Gasteiger partial charge in [0.1, 0.15) is 23.7 Å². The van der Waals surface area contributed by atoms with E-state index in [1.807, 2.05) is 12.1 Å². The third-order valence-electron chi connectivity index (χ3n) is 5.31. The summed E-state index contributed by atoms with van der Waals surface area (Å²) in [6, 6.07) is 13.2. The summed E-state index contributed by atoms with van der Waals surface area (Å²) in [5, 5.41) is 0.770. The molecule has 0 amide bonds. The van der Waals surface area contributed by atoms with Crippen LogP contribution in [0, 0.1) is 5.82 Å². The summed E-state index contributed by atoms with van der Waals surface area (Å²) >= 11 is 0. The normalized spacial score (nSPS) is 16.5. The van der Waals surface area contributed by atoms with Gasteiger partial charge in [0.15, 0.2) is 0 Å². The van der Waals surface area contributed by atoms with E-state index in [-0.39, 0.29) is 5.82 Å². The number of fused-ring (bicyclic) bond motifs is 1. The molecule has 6 heteroatoms. The van der Waals surface area contributed by atoms with E-state index in [0.29, 0.717) is 6.04 Å². The number of benzene rings is 2. The third-order valence-corrected chi connectivity index (χ3v) is 5.31. The molecule has 0 radical (unpaired) electrons. The molecular weight excluding hydrogens is 343 g/mol. The standard InChI is InChI=1S/C21H23FN4O/c1-15(16-4-3-5-18(12-16)27-2)25-8-10-26(11-9-25)21-19-13-17(22)6-7-20(19)23-14-24-21/h3-7,12-15H,8-11H2,1-2H3. The minimum atomic E-state index is -0.260. The Morgan fingerprint density at radius 3 is 2.63 bits per heavy atom. The van der Waals surface area contributed by atoms with E-state index >= 15 is 0 Å². The molecule has 1 saturated heterocycles. The molecule has 1 aliphatic rings. The summed E-state index contributed by atoms with van der Waals surface area (Å²) in [5.41, 5.74) is 2.02. The van der Waals surface area contributed by atoms with Crippen LogP contribution in [0.3, 0.4) is 0 Å². The largest absolute Gasteiger partial charge is 0.497 e. The first-order chi connectivity index (χ1) is 13.2. The quantitative estimate of drug-likeness (QED) is 0.705. The number of nitrogens with zero attached hydrogens (tertiary/aromatic N) is 4. The predicted molar refractivity (Wildman–Crippen MR) is 105 cm³/mol. The molecule has 0 aliphatic carbocycles. The van der Waals surface area contributed by atoms with Gasteiger partial charge < -0.3 is 9.64 Å². The first-order valence-electron chi connectivity index (χ1n) is 9.19. The Labute approximate surface area is 158 Å². The summed E-state index contributed by atoms with van der Waals surface area (Å²) in [5.74, 6) is 1.43. The SMILES string of the molecule is COc1cccc(C(C)N2CCN(c3ncnc4ccc(F)cc34)CC2)c1. The van der Waals surface area contributed by atoms with Gasteiger partial charge in [0.05, 0.1) is 12.6 Å². The molecule has 0 saturated carbocycles. The first-order valence-corrected chi connectivity index (χ1v) is 9.19. The molecule has 0 N–H and O–H groups in total. The molecule has 2 heterocycles. The maximum atomic E-state index is 13.7. The number of methoxy groups -OCH3 is 1. The van der Waals surface area contributed by atoms with Gasteiger partial charge in [0.2, 0.25) is 0 Å². The molecule has 140 valence electrons. The molecule has 1 atom stereocenters. The zero-order valence-electron chi connectivity index (χ0n) is 15.6. The van der Waals surface area contributed by atoms with Gasteiger partial charge in [0, 0.05) is 37.6 Å². The van der Waals surface area contributed by atoms with Crippen molar-refractivity contribution in [1.82, 2.24) is 14.9 Å². The number of ether oxygens (including phenoxy) is 1. The number of halogens is 1. The summed E-state index contributed by atoms with van der Waals surface area (Å²) in [6.07, 6.45) is 1.56. The predicted octanol–water partition coefficient (Wildman–Crippen LogP) is 3.66. The summed E-state index contributed by atoms with van der Waals surface area (Å²) < 4.78 is 19.1. The molecule has 5 nitrogen and oxygen atoms in total. The maximum absolute atomic E-state index is 13.7. The second-order valence-electron chi connectivity index (χ2n) is 6.83. The molecule has 1 aromatic heterocycles. The number of aromatic nitrogens is 2. The lowest BCUT2D eigenvalue weighted by Gasteiger charge is -2.39. The first kappa shape index (κ1) is 17.7. The summed E-state index contributed by atoms with van der Waals surface area (Å²) in [4.78, 5) is 13.4. The monoisotopic (exact) mass is 366 g/mol. The van der Waals surface area contributed by atoms with E-state index in [0.717, 1.165) is 48.6 Å². The van der Waals surface area contributed by atoms with Crippen LogP contribution in [-0.4, -0.2) is 48.2 Å². The second kappa shape index (κ2) is 7.48. The Balaban J connectivity index is 1.50. The van der Waals surface area contributed by atoms with Crippen molar-refractivity contribution in [1.29, 1.82) is 0 Å². The molecule has 0 bridgehead atoms. The molecule has 27 heavy (non-hydrogen) atoms. The van der Waals surface area contributed by atoms with E-state index < -0.39 is 0 Å². The molecule has 1 aliphatic heterocycles. The van der Waals surface area contributed by atoms with Crippen LogP contribution in [0.1, 0.15) is 18.5 Å². The van der Waals surface area contributed by atoms with Crippen molar-refractivity contribution in [2.45, 2.75) is 13.0 Å². The minimum Gasteiger partial charge on any atom is -0.497 e. The smallest absolute Gasteiger partial charge is 0.140 e. The lowest BCUT2D eigenvalue weighted by atomic mass is 10.1. The van der Waals surface area contributed by atoms with Gasteiger partial charge in [-0.05, 0) is 42.8 Å². The number of hydrogen-bond acceptors (Lipinski definition) is 5. The van der Waals surface area contributed by atoms with Gasteiger partial charge in [0.25, 0.3) is 0 Å². The van der Waals surface area contributed by atoms with Crippen LogP contribution in [0.5, 0.6) is 5.75 Å². The van der Waals surface area contributed by atoms with Crippen LogP contribution in [-0.2, 0) is 0 Å². The van der Waals surface area contributed by atoms with Crippen molar-refractivity contribution >= 4 is 16.7 Å². The topological polar surface area (TPSA) is 41.5 Å². The van der Waals surface area contributed by atoms with Crippen molar-refractivity contribution in [2.75, 3.05) is 38.2 Å². The van der Waals surface area contributed by atoms with Crippen LogP contribution >= 0.6 is 0 Å². The zero-order valence-corrected chi connectivity index (χ0v) is 15.6. The molecule has 2 aromatic carbocycles. The second-order valence-corrected chi connectivity index (χ2v) is 6.83. The number of anilines is 1. The van der Waals surface area contributed by atoms with Crippen LogP contribution in [0.4, 0.5) is 10.2 Å². The summed E-state index contributed by atoms with van der Waals surface area (Å²) in [6.45, 7) is 5.74. The van der Waals surface area contributed by atoms with Gasteiger partial charge in [-0.1, -0.05) is 12.1 Å². The van der Waals surface area contributed by atoms with E-state index in [2.05, 4.69) is 38.8 Å². The van der Waals surface area contributed by atoms with Crippen LogP contribution < -0.4 is 9.64 Å². The Morgan fingerprint density at radius 1 is 1.04 bits per heavy atom. The Kier molecular flexibility index (Phi) is 4.90. The molecule has 1 fully saturated rings. The van der Waals surface area contributed by atoms with Crippen molar-refractivity contribution in [3.63, 3.8) is 0 Å². The average molecular weight is 366 g/mol. The van der Waals surface area contributed by atoms with Crippen molar-refractivity contribution in [3.8, 4) is 5.75 Å². The Hall–Kier alpha value is -2.73. The highest BCUT2D eigenvalue weighted by molar-refractivity contribution is 5.89. The molecule has 3 aromatic rings. The van der Waals surface area contributed by atoms with E-state index in [9.17, 15) is 4.39 Å². The fourth-order valence-corrected chi connectivity index (χ4v) is 3.70. The lowest BCUT2D eigenvalue weighted by Crippen LogP contribution is -2.47. The minimum absolute atomic E-state index is 0.260. The third kappa shape index (κ3) is 3.57. The Bertz CT molecular complexity index is 940. The van der Waals surface area contributed by atoms with E-state index in [4.69, 9.17) is 4.74 Å². The fraction of sp³-hybridized carbons (Fsp3) is 0.333. The Morgan fingerprint density at radius 2 is 1.85 bits per heavy atom. The highest BCUT2D eigenvalue weighted by Gasteiger charge is 2.24. The zero-order chi connectivity index (χ0) is 18.8. The lowest BCUT2D eigenvalue weighted by molar-refractivity contribution is 0.198. The molecular formula is C21H23FN4O. The fourth-order valence-electron chi connectivity index (χ4n) is 3.70. The molecule has 1 unspecified atom stereocenters. The van der Waals surface area contributed by atoms with Crippen LogP contribution in [0.2, 0.25) is 0 Å².